The van der Waals surface area contributed by atoms with E-state index in [1.165, 1.54) is 6.07 Å². The van der Waals surface area contributed by atoms with Gasteiger partial charge in [-0.2, -0.15) is 0 Å². The van der Waals surface area contributed by atoms with E-state index < -0.39 is 0 Å². The summed E-state index contributed by atoms with van der Waals surface area (Å²) in [6.45, 7) is 0.627. The van der Waals surface area contributed by atoms with E-state index >= 15 is 0 Å². The van der Waals surface area contributed by atoms with Crippen LogP contribution >= 0.6 is 0 Å². The second kappa shape index (κ2) is 10.0. The average molecular weight is 391 g/mol. The molecule has 3 N–H and O–H groups in total. The Morgan fingerprint density at radius 1 is 0.793 bits per heavy atom. The lowest BCUT2D eigenvalue weighted by Gasteiger charge is -2.09. The van der Waals surface area contributed by atoms with Crippen LogP contribution < -0.4 is 16.0 Å². The summed E-state index contributed by atoms with van der Waals surface area (Å²) in [5.41, 5.74) is 2.58. The van der Waals surface area contributed by atoms with Crippen LogP contribution in [0.1, 0.15) is 21.5 Å². The molecule has 3 rings (SSSR count). The number of urea groups is 1. The zero-order valence-electron chi connectivity index (χ0n) is 15.8. The fourth-order valence-electron chi connectivity index (χ4n) is 2.76. The molecular formula is C23H22FN3O2. The van der Waals surface area contributed by atoms with Crippen LogP contribution in [0, 0.1) is 5.82 Å². The quantitative estimate of drug-likeness (QED) is 0.567. The first kappa shape index (κ1) is 20.1. The number of nitrogens with one attached hydrogen (secondary N) is 3. The number of amides is 3. The minimum atomic E-state index is -0.356. The Morgan fingerprint density at radius 2 is 1.48 bits per heavy atom. The van der Waals surface area contributed by atoms with Gasteiger partial charge in [-0.25, -0.2) is 9.18 Å². The topological polar surface area (TPSA) is 70.2 Å². The molecule has 0 spiro atoms. The summed E-state index contributed by atoms with van der Waals surface area (Å²) in [4.78, 5) is 24.2. The van der Waals surface area contributed by atoms with Crippen LogP contribution in [0.4, 0.5) is 14.9 Å². The molecule has 0 aliphatic carbocycles. The van der Waals surface area contributed by atoms with Crippen molar-refractivity contribution in [3.63, 3.8) is 0 Å². The molecular weight excluding hydrogens is 369 g/mol. The van der Waals surface area contributed by atoms with E-state index in [9.17, 15) is 14.0 Å². The lowest BCUT2D eigenvalue weighted by molar-refractivity contribution is 0.0950. The van der Waals surface area contributed by atoms with Crippen LogP contribution in [0.2, 0.25) is 0 Å². The molecule has 0 aromatic heterocycles. The number of benzene rings is 3. The molecule has 0 heterocycles. The highest BCUT2D eigenvalue weighted by Gasteiger charge is 2.08. The van der Waals surface area contributed by atoms with Gasteiger partial charge in [0, 0.05) is 29.9 Å². The molecule has 3 aromatic carbocycles. The highest BCUT2D eigenvalue weighted by atomic mass is 19.1. The molecule has 5 nitrogen and oxygen atoms in total. The summed E-state index contributed by atoms with van der Waals surface area (Å²) in [6.07, 6.45) is 0.745. The van der Waals surface area contributed by atoms with E-state index in [4.69, 9.17) is 0 Å². The van der Waals surface area contributed by atoms with Gasteiger partial charge in [0.25, 0.3) is 5.91 Å². The van der Waals surface area contributed by atoms with E-state index in [2.05, 4.69) is 16.0 Å². The predicted octanol–water partition coefficient (Wildman–Crippen LogP) is 4.12. The van der Waals surface area contributed by atoms with Crippen LogP contribution in [0.3, 0.4) is 0 Å². The largest absolute Gasteiger partial charge is 0.348 e. The first-order valence-electron chi connectivity index (χ1n) is 9.32. The minimum Gasteiger partial charge on any atom is -0.348 e. The maximum absolute atomic E-state index is 13.6. The van der Waals surface area contributed by atoms with E-state index in [1.807, 2.05) is 30.3 Å². The van der Waals surface area contributed by atoms with Gasteiger partial charge in [0.15, 0.2) is 0 Å². The summed E-state index contributed by atoms with van der Waals surface area (Å²) in [7, 11) is 0. The van der Waals surface area contributed by atoms with E-state index in [1.54, 1.807) is 42.5 Å². The molecule has 0 bridgehead atoms. The van der Waals surface area contributed by atoms with Crippen molar-refractivity contribution in [2.45, 2.75) is 13.0 Å². The van der Waals surface area contributed by atoms with Gasteiger partial charge in [0.1, 0.15) is 5.82 Å². The summed E-state index contributed by atoms with van der Waals surface area (Å²) in [5.74, 6) is -0.669. The third-order valence-corrected chi connectivity index (χ3v) is 4.34. The fraction of sp³-hybridized carbons (Fsp3) is 0.130. The van der Waals surface area contributed by atoms with Crippen molar-refractivity contribution in [2.75, 3.05) is 11.9 Å². The second-order valence-electron chi connectivity index (χ2n) is 6.47. The predicted molar refractivity (Wildman–Crippen MR) is 111 cm³/mol. The van der Waals surface area contributed by atoms with Crippen molar-refractivity contribution in [1.29, 1.82) is 0 Å². The molecule has 0 unspecified atom stereocenters. The lowest BCUT2D eigenvalue weighted by Crippen LogP contribution is -2.30. The van der Waals surface area contributed by atoms with E-state index in [0.29, 0.717) is 23.4 Å². The monoisotopic (exact) mass is 391 g/mol. The van der Waals surface area contributed by atoms with Gasteiger partial charge in [0.2, 0.25) is 0 Å². The van der Waals surface area contributed by atoms with E-state index in [0.717, 1.165) is 12.0 Å². The van der Waals surface area contributed by atoms with Gasteiger partial charge in [-0.05, 0) is 42.3 Å². The maximum Gasteiger partial charge on any atom is 0.319 e. The molecule has 0 aliphatic heterocycles. The zero-order chi connectivity index (χ0) is 20.5. The molecule has 0 saturated carbocycles. The smallest absolute Gasteiger partial charge is 0.319 e. The number of anilines is 1. The Balaban J connectivity index is 1.44. The first-order chi connectivity index (χ1) is 14.1. The number of hydrogen-bond donors (Lipinski definition) is 3. The van der Waals surface area contributed by atoms with Crippen molar-refractivity contribution in [2.24, 2.45) is 0 Å². The van der Waals surface area contributed by atoms with Crippen LogP contribution in [-0.4, -0.2) is 18.5 Å². The lowest BCUT2D eigenvalue weighted by atomic mass is 10.1. The summed E-state index contributed by atoms with van der Waals surface area (Å²) in [6, 6.07) is 22.4. The number of rotatable bonds is 7. The number of carbonyl (C=O) groups excluding carboxylic acids is 2. The minimum absolute atomic E-state index is 0.106. The molecule has 0 aliphatic rings. The van der Waals surface area contributed by atoms with Crippen molar-refractivity contribution >= 4 is 17.6 Å². The van der Waals surface area contributed by atoms with Gasteiger partial charge in [0.05, 0.1) is 0 Å². The number of halogens is 1. The first-order valence-corrected chi connectivity index (χ1v) is 9.32. The van der Waals surface area contributed by atoms with E-state index in [-0.39, 0.29) is 24.3 Å². The molecule has 148 valence electrons. The molecule has 0 saturated heterocycles. The van der Waals surface area contributed by atoms with Crippen molar-refractivity contribution in [1.82, 2.24) is 10.6 Å². The van der Waals surface area contributed by atoms with Crippen molar-refractivity contribution in [3.05, 3.63) is 101 Å². The third kappa shape index (κ3) is 6.17. The summed E-state index contributed by atoms with van der Waals surface area (Å²) >= 11 is 0. The second-order valence-corrected chi connectivity index (χ2v) is 6.47. The molecule has 0 atom stereocenters. The van der Waals surface area contributed by atoms with Crippen LogP contribution in [0.25, 0.3) is 0 Å². The van der Waals surface area contributed by atoms with Gasteiger partial charge in [-0.15, -0.1) is 0 Å². The molecule has 29 heavy (non-hydrogen) atoms. The van der Waals surface area contributed by atoms with Crippen LogP contribution in [0.5, 0.6) is 0 Å². The Kier molecular flexibility index (Phi) is 6.95. The van der Waals surface area contributed by atoms with Gasteiger partial charge >= 0.3 is 6.03 Å². The third-order valence-electron chi connectivity index (χ3n) is 4.34. The average Bonchev–Trinajstić information content (AvgIpc) is 2.74. The zero-order valence-corrected chi connectivity index (χ0v) is 15.8. The number of carbonyl (C=O) groups is 2. The molecule has 0 radical (unpaired) electrons. The summed E-state index contributed by atoms with van der Waals surface area (Å²) in [5, 5.41) is 8.21. The molecule has 0 fully saturated rings. The Hall–Kier alpha value is -3.67. The molecule has 3 amide bonds. The fourth-order valence-corrected chi connectivity index (χ4v) is 2.76. The van der Waals surface area contributed by atoms with Crippen molar-refractivity contribution in [3.8, 4) is 0 Å². The van der Waals surface area contributed by atoms with Crippen LogP contribution in [-0.2, 0) is 13.0 Å². The normalized spacial score (nSPS) is 10.2. The molecule has 6 heteroatoms. The maximum atomic E-state index is 13.6. The summed E-state index contributed by atoms with van der Waals surface area (Å²) < 4.78 is 13.6. The van der Waals surface area contributed by atoms with Crippen molar-refractivity contribution < 1.29 is 14.0 Å². The Morgan fingerprint density at radius 3 is 2.21 bits per heavy atom. The number of hydrogen-bond acceptors (Lipinski definition) is 2. The van der Waals surface area contributed by atoms with Gasteiger partial charge in [-0.1, -0.05) is 48.5 Å². The highest BCUT2D eigenvalue weighted by molar-refractivity contribution is 5.95. The standard InChI is InChI=1S/C23H22FN3O2/c24-21-9-5-4-8-19(21)16-26-22(28)18-10-12-20(13-11-18)27-23(29)25-15-14-17-6-2-1-3-7-17/h1-13H,14-16H2,(H,26,28)(H2,25,27,29). The van der Waals surface area contributed by atoms with Gasteiger partial charge < -0.3 is 16.0 Å². The highest BCUT2D eigenvalue weighted by Crippen LogP contribution is 2.11. The Bertz CT molecular complexity index is 959. The van der Waals surface area contributed by atoms with Crippen LogP contribution in [0.15, 0.2) is 78.9 Å². The molecule has 3 aromatic rings. The van der Waals surface area contributed by atoms with Gasteiger partial charge in [-0.3, -0.25) is 4.79 Å². The Labute approximate surface area is 169 Å². The SMILES string of the molecule is O=C(NCCc1ccccc1)Nc1ccc(C(=O)NCc2ccccc2F)cc1.